The molecule has 0 aromatic heterocycles. The van der Waals surface area contributed by atoms with Gasteiger partial charge in [0.1, 0.15) is 5.75 Å². The first kappa shape index (κ1) is 12.2. The summed E-state index contributed by atoms with van der Waals surface area (Å²) in [4.78, 5) is 22.8. The topological polar surface area (TPSA) is 72.8 Å². The lowest BCUT2D eigenvalue weighted by molar-refractivity contribution is -0.141. The summed E-state index contributed by atoms with van der Waals surface area (Å²) in [6.07, 6.45) is 0.995. The summed E-state index contributed by atoms with van der Waals surface area (Å²) in [7, 11) is 1.48. The van der Waals surface area contributed by atoms with E-state index in [2.05, 4.69) is 0 Å². The molecule has 0 aliphatic carbocycles. The quantitative estimate of drug-likeness (QED) is 0.877. The van der Waals surface area contributed by atoms with Gasteiger partial charge in [-0.2, -0.15) is 0 Å². The van der Waals surface area contributed by atoms with Gasteiger partial charge in [-0.05, 0) is 13.0 Å². The van der Waals surface area contributed by atoms with E-state index in [1.165, 1.54) is 14.0 Å². The number of carbonyl (C=O) groups is 2. The van der Waals surface area contributed by atoms with Gasteiger partial charge in [-0.15, -0.1) is 0 Å². The normalized spacial score (nSPS) is 22.3. The van der Waals surface area contributed by atoms with E-state index in [1.54, 1.807) is 24.3 Å². The molecule has 0 saturated heterocycles. The van der Waals surface area contributed by atoms with Gasteiger partial charge in [-0.3, -0.25) is 4.79 Å². The Morgan fingerprint density at radius 3 is 2.61 bits per heavy atom. The van der Waals surface area contributed by atoms with Crippen molar-refractivity contribution < 1.29 is 24.2 Å². The second-order valence-electron chi connectivity index (χ2n) is 4.01. The Balaban J connectivity index is 2.46. The van der Waals surface area contributed by atoms with Crippen molar-refractivity contribution in [3.63, 3.8) is 0 Å². The monoisotopic (exact) mass is 248 g/mol. The largest absolute Gasteiger partial charge is 0.496 e. The first-order valence-electron chi connectivity index (χ1n) is 5.31. The van der Waals surface area contributed by atoms with Gasteiger partial charge in [-0.25, -0.2) is 4.79 Å². The van der Waals surface area contributed by atoms with Crippen LogP contribution in [0.15, 0.2) is 36.1 Å². The Morgan fingerprint density at radius 1 is 1.39 bits per heavy atom. The summed E-state index contributed by atoms with van der Waals surface area (Å²) >= 11 is 0. The average Bonchev–Trinajstić information content (AvgIpc) is 2.67. The number of para-hydroxylation sites is 1. The van der Waals surface area contributed by atoms with Crippen molar-refractivity contribution in [1.82, 2.24) is 0 Å². The highest BCUT2D eigenvalue weighted by molar-refractivity contribution is 6.05. The number of carboxylic acid groups (broad SMARTS) is 1. The highest BCUT2D eigenvalue weighted by Gasteiger charge is 2.45. The van der Waals surface area contributed by atoms with Crippen LogP contribution in [0.4, 0.5) is 0 Å². The maximum absolute atomic E-state index is 12.0. The molecule has 1 aliphatic rings. The molecule has 1 atom stereocenters. The van der Waals surface area contributed by atoms with Crippen LogP contribution in [0.5, 0.6) is 5.75 Å². The molecule has 2 rings (SSSR count). The minimum absolute atomic E-state index is 0.353. The molecule has 0 spiro atoms. The molecule has 1 aromatic carbocycles. The molecule has 0 bridgehead atoms. The highest BCUT2D eigenvalue weighted by atomic mass is 16.5. The van der Waals surface area contributed by atoms with Crippen LogP contribution >= 0.6 is 0 Å². The van der Waals surface area contributed by atoms with Crippen LogP contribution in [0.25, 0.3) is 0 Å². The molecule has 5 heteroatoms. The van der Waals surface area contributed by atoms with Crippen LogP contribution in [-0.4, -0.2) is 24.0 Å². The van der Waals surface area contributed by atoms with E-state index >= 15 is 0 Å². The van der Waals surface area contributed by atoms with Crippen LogP contribution in [0.1, 0.15) is 12.5 Å². The second kappa shape index (κ2) is 4.18. The second-order valence-corrected chi connectivity index (χ2v) is 4.01. The first-order valence-corrected chi connectivity index (χ1v) is 5.31. The van der Waals surface area contributed by atoms with Crippen LogP contribution in [0, 0.1) is 0 Å². The third-order valence-corrected chi connectivity index (χ3v) is 2.88. The lowest BCUT2D eigenvalue weighted by Gasteiger charge is -2.25. The van der Waals surface area contributed by atoms with Crippen LogP contribution in [0.3, 0.4) is 0 Å². The summed E-state index contributed by atoms with van der Waals surface area (Å²) in [5, 5.41) is 8.86. The molecule has 1 unspecified atom stereocenters. The minimum Gasteiger partial charge on any atom is -0.496 e. The van der Waals surface area contributed by atoms with Crippen molar-refractivity contribution in [3.8, 4) is 5.75 Å². The van der Waals surface area contributed by atoms with Gasteiger partial charge in [0.2, 0.25) is 11.5 Å². The fourth-order valence-electron chi connectivity index (χ4n) is 1.89. The predicted octanol–water partition coefficient (Wildman–Crippen LogP) is 1.48. The minimum atomic E-state index is -1.35. The first-order chi connectivity index (χ1) is 8.49. The van der Waals surface area contributed by atoms with Crippen molar-refractivity contribution in [2.24, 2.45) is 0 Å². The number of hydrogen-bond acceptors (Lipinski definition) is 4. The van der Waals surface area contributed by atoms with Crippen molar-refractivity contribution in [3.05, 3.63) is 41.7 Å². The van der Waals surface area contributed by atoms with Gasteiger partial charge in [0.25, 0.3) is 0 Å². The predicted molar refractivity (Wildman–Crippen MR) is 62.2 cm³/mol. The Hall–Kier alpha value is -2.30. The van der Waals surface area contributed by atoms with Gasteiger partial charge < -0.3 is 14.6 Å². The summed E-state index contributed by atoms with van der Waals surface area (Å²) < 4.78 is 10.4. The number of benzene rings is 1. The van der Waals surface area contributed by atoms with E-state index in [9.17, 15) is 9.59 Å². The van der Waals surface area contributed by atoms with E-state index in [0.29, 0.717) is 11.3 Å². The van der Waals surface area contributed by atoms with E-state index in [4.69, 9.17) is 14.6 Å². The maximum atomic E-state index is 12.0. The number of aliphatic carboxylic acids is 1. The molecular weight excluding hydrogens is 236 g/mol. The summed E-state index contributed by atoms with van der Waals surface area (Å²) in [5.41, 5.74) is -0.842. The van der Waals surface area contributed by atoms with Crippen LogP contribution < -0.4 is 4.74 Å². The standard InChI is InChI=1S/C13H12O5/c1-13(8-5-3-4-6-9(8)17-2)11(14)7-10(18-13)12(15)16/h3-7H,1-2H3,(H,15,16). The lowest BCUT2D eigenvalue weighted by atomic mass is 9.91. The SMILES string of the molecule is COc1ccccc1C1(C)OC(C(=O)O)=CC1=O. The molecule has 1 aromatic rings. The zero-order chi connectivity index (χ0) is 13.3. The number of ether oxygens (including phenoxy) is 2. The number of hydrogen-bond donors (Lipinski definition) is 1. The van der Waals surface area contributed by atoms with Crippen molar-refractivity contribution in [2.75, 3.05) is 7.11 Å². The molecule has 0 amide bonds. The lowest BCUT2D eigenvalue weighted by Crippen LogP contribution is -2.30. The van der Waals surface area contributed by atoms with Gasteiger partial charge in [0, 0.05) is 11.6 Å². The molecular formula is C13H12O5. The van der Waals surface area contributed by atoms with Crippen molar-refractivity contribution >= 4 is 11.8 Å². The fraction of sp³-hybridized carbons (Fsp3) is 0.231. The van der Waals surface area contributed by atoms with Gasteiger partial charge in [-0.1, -0.05) is 18.2 Å². The van der Waals surface area contributed by atoms with Crippen molar-refractivity contribution in [1.29, 1.82) is 0 Å². The summed E-state index contributed by atoms with van der Waals surface area (Å²) in [6, 6.07) is 6.86. The van der Waals surface area contributed by atoms with E-state index in [0.717, 1.165) is 6.08 Å². The molecule has 94 valence electrons. The Labute approximate surface area is 104 Å². The number of methoxy groups -OCH3 is 1. The number of carbonyl (C=O) groups excluding carboxylic acids is 1. The molecule has 0 fully saturated rings. The van der Waals surface area contributed by atoms with Gasteiger partial charge >= 0.3 is 5.97 Å². The molecule has 1 heterocycles. The summed E-state index contributed by atoms with van der Waals surface area (Å²) in [6.45, 7) is 1.53. The van der Waals surface area contributed by atoms with Crippen molar-refractivity contribution in [2.45, 2.75) is 12.5 Å². The maximum Gasteiger partial charge on any atom is 0.371 e. The van der Waals surface area contributed by atoms with Crippen LogP contribution in [-0.2, 0) is 19.9 Å². The average molecular weight is 248 g/mol. The molecule has 18 heavy (non-hydrogen) atoms. The third-order valence-electron chi connectivity index (χ3n) is 2.88. The molecule has 0 saturated carbocycles. The fourth-order valence-corrected chi connectivity index (χ4v) is 1.89. The Bertz CT molecular complexity index is 546. The molecule has 1 N–H and O–H groups in total. The van der Waals surface area contributed by atoms with E-state index < -0.39 is 17.4 Å². The zero-order valence-electron chi connectivity index (χ0n) is 9.97. The van der Waals surface area contributed by atoms with Crippen LogP contribution in [0.2, 0.25) is 0 Å². The molecule has 0 radical (unpaired) electrons. The Morgan fingerprint density at radius 2 is 2.06 bits per heavy atom. The number of ketones is 1. The molecule has 1 aliphatic heterocycles. The van der Waals surface area contributed by atoms with E-state index in [1.807, 2.05) is 0 Å². The summed E-state index contributed by atoms with van der Waals surface area (Å²) in [5.74, 6) is -1.55. The number of carboxylic acids is 1. The molecule has 5 nitrogen and oxygen atoms in total. The van der Waals surface area contributed by atoms with Gasteiger partial charge in [0.15, 0.2) is 5.60 Å². The Kier molecular flexibility index (Phi) is 2.82. The number of rotatable bonds is 3. The third kappa shape index (κ3) is 1.73. The van der Waals surface area contributed by atoms with Gasteiger partial charge in [0.05, 0.1) is 7.11 Å². The van der Waals surface area contributed by atoms with E-state index in [-0.39, 0.29) is 5.76 Å². The smallest absolute Gasteiger partial charge is 0.371 e. The zero-order valence-corrected chi connectivity index (χ0v) is 9.97. The highest BCUT2D eigenvalue weighted by Crippen LogP contribution is 2.39.